The molecule has 0 heterocycles. The second-order valence-corrected chi connectivity index (χ2v) is 1.64. The molecule has 0 amide bonds. The zero-order valence-electron chi connectivity index (χ0n) is 5.70. The molecule has 0 saturated carbocycles. The zero-order valence-corrected chi connectivity index (χ0v) is 5.70. The summed E-state index contributed by atoms with van der Waals surface area (Å²) in [5.74, 6) is 0. The van der Waals surface area contributed by atoms with E-state index in [0.29, 0.717) is 0 Å². The van der Waals surface area contributed by atoms with Crippen molar-refractivity contribution >= 4 is 6.21 Å². The Morgan fingerprint density at radius 2 is 2.22 bits per heavy atom. The number of rotatable bonds is 2. The van der Waals surface area contributed by atoms with Crippen molar-refractivity contribution in [2.24, 2.45) is 4.99 Å². The van der Waals surface area contributed by atoms with Crippen LogP contribution in [0.2, 0.25) is 0 Å². The Hall–Kier alpha value is -1.05. The summed E-state index contributed by atoms with van der Waals surface area (Å²) >= 11 is 0. The van der Waals surface area contributed by atoms with Gasteiger partial charge in [0, 0.05) is 13.3 Å². The number of aliphatic hydroxyl groups excluding tert-OH is 1. The van der Waals surface area contributed by atoms with Crippen LogP contribution in [0.25, 0.3) is 0 Å². The van der Waals surface area contributed by atoms with Crippen LogP contribution in [0.1, 0.15) is 6.92 Å². The third-order valence-electron chi connectivity index (χ3n) is 0.778. The van der Waals surface area contributed by atoms with Gasteiger partial charge < -0.3 is 5.11 Å². The van der Waals surface area contributed by atoms with E-state index < -0.39 is 0 Å². The monoisotopic (exact) mass is 125 g/mol. The molecule has 2 nitrogen and oxygen atoms in total. The lowest BCUT2D eigenvalue weighted by Gasteiger charge is -1.82. The van der Waals surface area contributed by atoms with Gasteiger partial charge in [-0.05, 0) is 18.6 Å². The summed E-state index contributed by atoms with van der Waals surface area (Å²) in [7, 11) is 1.71. The van der Waals surface area contributed by atoms with Crippen LogP contribution < -0.4 is 0 Å². The highest BCUT2D eigenvalue weighted by molar-refractivity contribution is 5.77. The van der Waals surface area contributed by atoms with Gasteiger partial charge in [0.2, 0.25) is 0 Å². The zero-order chi connectivity index (χ0) is 7.11. The summed E-state index contributed by atoms with van der Waals surface area (Å²) in [6.07, 6.45) is 6.04. The Morgan fingerprint density at radius 3 is 2.67 bits per heavy atom. The van der Waals surface area contributed by atoms with E-state index in [1.807, 2.05) is 6.92 Å². The minimum atomic E-state index is 0.993. The molecule has 0 fully saturated rings. The predicted octanol–water partition coefficient (Wildman–Crippen LogP) is 1.71. The van der Waals surface area contributed by atoms with Gasteiger partial charge in [-0.25, -0.2) is 0 Å². The Bertz CT molecular complexity index is 145. The van der Waals surface area contributed by atoms with Gasteiger partial charge in [-0.3, -0.25) is 4.99 Å². The molecular formula is C7H11NO. The third kappa shape index (κ3) is 4.81. The Morgan fingerprint density at radius 1 is 1.56 bits per heavy atom. The van der Waals surface area contributed by atoms with E-state index in [2.05, 4.69) is 4.99 Å². The van der Waals surface area contributed by atoms with Gasteiger partial charge in [0.1, 0.15) is 0 Å². The molecule has 0 aromatic rings. The fourth-order valence-corrected chi connectivity index (χ4v) is 0.441. The number of hydrogen-bond acceptors (Lipinski definition) is 2. The first-order valence-corrected chi connectivity index (χ1v) is 2.71. The number of aliphatic hydroxyl groups is 1. The molecular weight excluding hydrogens is 114 g/mol. The van der Waals surface area contributed by atoms with Crippen LogP contribution >= 0.6 is 0 Å². The van der Waals surface area contributed by atoms with Crippen molar-refractivity contribution in [3.8, 4) is 0 Å². The van der Waals surface area contributed by atoms with Gasteiger partial charge in [-0.15, -0.1) is 0 Å². The SMILES string of the molecule is C/N=C/C(C)=C/C=C\O. The van der Waals surface area contributed by atoms with Crippen molar-refractivity contribution in [1.82, 2.24) is 0 Å². The maximum absolute atomic E-state index is 8.21. The van der Waals surface area contributed by atoms with Crippen molar-refractivity contribution < 1.29 is 5.11 Å². The van der Waals surface area contributed by atoms with Gasteiger partial charge in [-0.1, -0.05) is 6.08 Å². The number of hydrogen-bond donors (Lipinski definition) is 1. The molecule has 0 aliphatic heterocycles. The molecule has 1 N–H and O–H groups in total. The van der Waals surface area contributed by atoms with Crippen LogP contribution in [0.3, 0.4) is 0 Å². The minimum absolute atomic E-state index is 0.993. The largest absolute Gasteiger partial charge is 0.516 e. The van der Waals surface area contributed by atoms with Crippen molar-refractivity contribution in [3.05, 3.63) is 24.0 Å². The van der Waals surface area contributed by atoms with Crippen LogP contribution in [-0.2, 0) is 0 Å². The molecule has 0 spiro atoms. The molecule has 0 aliphatic rings. The van der Waals surface area contributed by atoms with Crippen molar-refractivity contribution in [1.29, 1.82) is 0 Å². The van der Waals surface area contributed by atoms with Crippen LogP contribution in [0.4, 0.5) is 0 Å². The quantitative estimate of drug-likeness (QED) is 0.340. The van der Waals surface area contributed by atoms with E-state index >= 15 is 0 Å². The molecule has 0 aromatic carbocycles. The summed E-state index contributed by atoms with van der Waals surface area (Å²) in [4.78, 5) is 3.78. The van der Waals surface area contributed by atoms with Crippen LogP contribution in [0, 0.1) is 0 Å². The topological polar surface area (TPSA) is 32.6 Å². The van der Waals surface area contributed by atoms with Crippen molar-refractivity contribution in [2.45, 2.75) is 6.92 Å². The molecule has 50 valence electrons. The van der Waals surface area contributed by atoms with Gasteiger partial charge in [-0.2, -0.15) is 0 Å². The lowest BCUT2D eigenvalue weighted by atomic mass is 10.3. The van der Waals surface area contributed by atoms with Gasteiger partial charge in [0.15, 0.2) is 0 Å². The lowest BCUT2D eigenvalue weighted by Crippen LogP contribution is -1.73. The molecule has 0 rings (SSSR count). The standard InChI is InChI=1S/C7H11NO/c1-7(6-8-2)4-3-5-9/h3-6,9H,1-2H3/b5-3-,7-4+,8-6+. The van der Waals surface area contributed by atoms with Gasteiger partial charge in [0.25, 0.3) is 0 Å². The van der Waals surface area contributed by atoms with Crippen LogP contribution in [0.5, 0.6) is 0 Å². The molecule has 0 aliphatic carbocycles. The molecule has 0 atom stereocenters. The maximum Gasteiger partial charge on any atom is 0.0791 e. The van der Waals surface area contributed by atoms with E-state index in [1.54, 1.807) is 25.4 Å². The molecule has 0 radical (unpaired) electrons. The average Bonchev–Trinajstić information content (AvgIpc) is 1.85. The first-order valence-electron chi connectivity index (χ1n) is 2.71. The molecule has 0 bridgehead atoms. The Kier molecular flexibility index (Phi) is 4.50. The van der Waals surface area contributed by atoms with E-state index in [0.717, 1.165) is 11.8 Å². The summed E-state index contributed by atoms with van der Waals surface area (Å²) in [5.41, 5.74) is 1.02. The van der Waals surface area contributed by atoms with Crippen LogP contribution in [-0.4, -0.2) is 18.4 Å². The second kappa shape index (κ2) is 5.09. The summed E-state index contributed by atoms with van der Waals surface area (Å²) < 4.78 is 0. The highest BCUT2D eigenvalue weighted by Crippen LogP contribution is 1.86. The summed E-state index contributed by atoms with van der Waals surface area (Å²) in [5, 5.41) is 8.21. The predicted molar refractivity (Wildman–Crippen MR) is 39.9 cm³/mol. The smallest absolute Gasteiger partial charge is 0.0791 e. The van der Waals surface area contributed by atoms with Gasteiger partial charge in [0.05, 0.1) is 6.26 Å². The van der Waals surface area contributed by atoms with Gasteiger partial charge >= 0.3 is 0 Å². The highest BCUT2D eigenvalue weighted by atomic mass is 16.2. The Labute approximate surface area is 55.2 Å². The molecule has 0 saturated heterocycles. The van der Waals surface area contributed by atoms with E-state index in [9.17, 15) is 0 Å². The molecule has 0 unspecified atom stereocenters. The summed E-state index contributed by atoms with van der Waals surface area (Å²) in [6, 6.07) is 0. The fraction of sp³-hybridized carbons (Fsp3) is 0.286. The number of aliphatic imine (C=N–C) groups is 1. The molecule has 0 aromatic heterocycles. The maximum atomic E-state index is 8.21. The fourth-order valence-electron chi connectivity index (χ4n) is 0.441. The number of nitrogens with zero attached hydrogens (tertiary/aromatic N) is 1. The lowest BCUT2D eigenvalue weighted by molar-refractivity contribution is 0.473. The second-order valence-electron chi connectivity index (χ2n) is 1.64. The van der Waals surface area contributed by atoms with Crippen LogP contribution in [0.15, 0.2) is 29.0 Å². The third-order valence-corrected chi connectivity index (χ3v) is 0.778. The number of allylic oxidation sites excluding steroid dienone is 3. The molecule has 9 heavy (non-hydrogen) atoms. The highest BCUT2D eigenvalue weighted by Gasteiger charge is 1.74. The van der Waals surface area contributed by atoms with Crippen molar-refractivity contribution in [2.75, 3.05) is 7.05 Å². The Balaban J connectivity index is 3.84. The minimum Gasteiger partial charge on any atom is -0.516 e. The average molecular weight is 125 g/mol. The van der Waals surface area contributed by atoms with E-state index in [4.69, 9.17) is 5.11 Å². The van der Waals surface area contributed by atoms with Crippen molar-refractivity contribution in [3.63, 3.8) is 0 Å². The first kappa shape index (κ1) is 7.95. The normalized spacial score (nSPS) is 13.8. The molecule has 2 heteroatoms. The first-order chi connectivity index (χ1) is 4.31. The van der Waals surface area contributed by atoms with E-state index in [1.165, 1.54) is 0 Å². The summed E-state index contributed by atoms with van der Waals surface area (Å²) in [6.45, 7) is 1.91. The van der Waals surface area contributed by atoms with E-state index in [-0.39, 0.29) is 0 Å².